The summed E-state index contributed by atoms with van der Waals surface area (Å²) in [6.07, 6.45) is 3.90. The van der Waals surface area contributed by atoms with Crippen molar-refractivity contribution >= 4 is 28.4 Å². The standard InChI is InChI=1S/C21H28N6O2S/c1-15-12-26(13-16-5-2-3-7-22-16)10-6-18(15)25-19(28)11-17-14-30-21(24-17)27-9-4-8-23-20(27)29/h2-3,5,7,14-15,18H,4,6,8-13H2,1H3,(H,23,29)(H,25,28). The average molecular weight is 429 g/mol. The zero-order valence-electron chi connectivity index (χ0n) is 17.2. The normalized spacial score (nSPS) is 22.6. The highest BCUT2D eigenvalue weighted by molar-refractivity contribution is 7.14. The van der Waals surface area contributed by atoms with Gasteiger partial charge in [-0.05, 0) is 30.9 Å². The fraction of sp³-hybridized carbons (Fsp3) is 0.524. The summed E-state index contributed by atoms with van der Waals surface area (Å²) < 4.78 is 0. The summed E-state index contributed by atoms with van der Waals surface area (Å²) in [5.41, 5.74) is 1.79. The summed E-state index contributed by atoms with van der Waals surface area (Å²) in [5.74, 6) is 0.361. The summed E-state index contributed by atoms with van der Waals surface area (Å²) in [6.45, 7) is 6.28. The number of aromatic nitrogens is 2. The molecule has 0 radical (unpaired) electrons. The van der Waals surface area contributed by atoms with E-state index in [4.69, 9.17) is 0 Å². The Morgan fingerprint density at radius 1 is 1.33 bits per heavy atom. The summed E-state index contributed by atoms with van der Waals surface area (Å²) in [4.78, 5) is 37.5. The van der Waals surface area contributed by atoms with Crippen molar-refractivity contribution in [3.05, 3.63) is 41.2 Å². The molecular formula is C21H28N6O2S. The molecule has 4 heterocycles. The molecule has 0 bridgehead atoms. The fourth-order valence-corrected chi connectivity index (χ4v) is 4.90. The van der Waals surface area contributed by atoms with Crippen LogP contribution in [0, 0.1) is 5.92 Å². The number of pyridine rings is 1. The van der Waals surface area contributed by atoms with Gasteiger partial charge >= 0.3 is 6.03 Å². The molecule has 0 aromatic carbocycles. The first-order chi connectivity index (χ1) is 14.6. The molecule has 2 fully saturated rings. The van der Waals surface area contributed by atoms with Gasteiger partial charge < -0.3 is 10.6 Å². The molecule has 0 spiro atoms. The van der Waals surface area contributed by atoms with Crippen molar-refractivity contribution in [3.8, 4) is 0 Å². The van der Waals surface area contributed by atoms with E-state index in [2.05, 4.69) is 32.4 Å². The van der Waals surface area contributed by atoms with Crippen LogP contribution < -0.4 is 15.5 Å². The highest BCUT2D eigenvalue weighted by Gasteiger charge is 2.28. The molecule has 2 aliphatic heterocycles. The minimum Gasteiger partial charge on any atom is -0.353 e. The highest BCUT2D eigenvalue weighted by Crippen LogP contribution is 2.23. The van der Waals surface area contributed by atoms with Crippen LogP contribution in [-0.2, 0) is 17.8 Å². The van der Waals surface area contributed by atoms with Crippen LogP contribution >= 0.6 is 11.3 Å². The van der Waals surface area contributed by atoms with Crippen LogP contribution in [0.2, 0.25) is 0 Å². The van der Waals surface area contributed by atoms with Gasteiger partial charge in [0.1, 0.15) is 0 Å². The van der Waals surface area contributed by atoms with E-state index in [-0.39, 0.29) is 24.4 Å². The number of hydrogen-bond donors (Lipinski definition) is 2. The summed E-state index contributed by atoms with van der Waals surface area (Å²) in [6, 6.07) is 6.05. The predicted molar refractivity (Wildman–Crippen MR) is 116 cm³/mol. The first-order valence-corrected chi connectivity index (χ1v) is 11.4. The SMILES string of the molecule is CC1CN(Cc2ccccn2)CCC1NC(=O)Cc1csc(N2CCCNC2=O)n1. The molecule has 3 amide bonds. The molecular weight excluding hydrogens is 400 g/mol. The largest absolute Gasteiger partial charge is 0.353 e. The van der Waals surface area contributed by atoms with E-state index in [1.54, 1.807) is 4.90 Å². The van der Waals surface area contributed by atoms with Gasteiger partial charge in [-0.1, -0.05) is 13.0 Å². The third-order valence-corrected chi connectivity index (χ3v) is 6.55. The fourth-order valence-electron chi connectivity index (χ4n) is 4.05. The van der Waals surface area contributed by atoms with Gasteiger partial charge in [0.2, 0.25) is 5.91 Å². The monoisotopic (exact) mass is 428 g/mol. The van der Waals surface area contributed by atoms with Gasteiger partial charge in [-0.25, -0.2) is 9.78 Å². The van der Waals surface area contributed by atoms with Crippen LogP contribution in [0.25, 0.3) is 0 Å². The molecule has 4 rings (SSSR count). The van der Waals surface area contributed by atoms with E-state index in [0.29, 0.717) is 29.8 Å². The lowest BCUT2D eigenvalue weighted by atomic mass is 9.93. The Morgan fingerprint density at radius 2 is 2.23 bits per heavy atom. The Balaban J connectivity index is 1.26. The molecule has 160 valence electrons. The van der Waals surface area contributed by atoms with E-state index in [9.17, 15) is 9.59 Å². The maximum atomic E-state index is 12.6. The summed E-state index contributed by atoms with van der Waals surface area (Å²) in [7, 11) is 0. The van der Waals surface area contributed by atoms with Crippen LogP contribution in [-0.4, -0.2) is 59.0 Å². The van der Waals surface area contributed by atoms with Crippen LogP contribution in [0.15, 0.2) is 29.8 Å². The van der Waals surface area contributed by atoms with Crippen LogP contribution in [0.4, 0.5) is 9.93 Å². The van der Waals surface area contributed by atoms with Gasteiger partial charge in [0, 0.05) is 50.3 Å². The van der Waals surface area contributed by atoms with Gasteiger partial charge in [-0.3, -0.25) is 19.6 Å². The topological polar surface area (TPSA) is 90.5 Å². The van der Waals surface area contributed by atoms with Crippen molar-refractivity contribution in [3.63, 3.8) is 0 Å². The number of likely N-dealkylation sites (tertiary alicyclic amines) is 1. The van der Waals surface area contributed by atoms with Crippen molar-refractivity contribution in [1.82, 2.24) is 25.5 Å². The quantitative estimate of drug-likeness (QED) is 0.735. The zero-order chi connectivity index (χ0) is 20.9. The van der Waals surface area contributed by atoms with Gasteiger partial charge in [0.05, 0.1) is 17.8 Å². The van der Waals surface area contributed by atoms with Gasteiger partial charge in [0.25, 0.3) is 0 Å². The second kappa shape index (κ2) is 9.53. The second-order valence-electron chi connectivity index (χ2n) is 8.03. The molecule has 2 atom stereocenters. The molecule has 0 aliphatic carbocycles. The smallest absolute Gasteiger partial charge is 0.323 e. The lowest BCUT2D eigenvalue weighted by Gasteiger charge is -2.37. The number of hydrogen-bond acceptors (Lipinski definition) is 6. The number of urea groups is 1. The molecule has 2 saturated heterocycles. The summed E-state index contributed by atoms with van der Waals surface area (Å²) in [5, 5.41) is 8.54. The number of nitrogens with one attached hydrogen (secondary N) is 2. The van der Waals surface area contributed by atoms with Crippen molar-refractivity contribution < 1.29 is 9.59 Å². The van der Waals surface area contributed by atoms with Gasteiger partial charge in [-0.2, -0.15) is 0 Å². The number of nitrogens with zero attached hydrogens (tertiary/aromatic N) is 4. The minimum atomic E-state index is -0.113. The first kappa shape index (κ1) is 20.7. The van der Waals surface area contributed by atoms with Gasteiger partial charge in [0.15, 0.2) is 5.13 Å². The number of carbonyl (C=O) groups excluding carboxylic acids is 2. The molecule has 2 unspecified atom stereocenters. The van der Waals surface area contributed by atoms with Crippen LogP contribution in [0.5, 0.6) is 0 Å². The van der Waals surface area contributed by atoms with Crippen molar-refractivity contribution in [2.45, 2.75) is 38.8 Å². The van der Waals surface area contributed by atoms with E-state index in [0.717, 1.165) is 38.2 Å². The number of anilines is 1. The van der Waals surface area contributed by atoms with Crippen molar-refractivity contribution in [1.29, 1.82) is 0 Å². The molecule has 8 nitrogen and oxygen atoms in total. The number of amides is 3. The second-order valence-corrected chi connectivity index (χ2v) is 8.87. The van der Waals surface area contributed by atoms with Gasteiger partial charge in [-0.15, -0.1) is 11.3 Å². The number of piperidine rings is 1. The molecule has 2 aliphatic rings. The van der Waals surface area contributed by atoms with E-state index < -0.39 is 0 Å². The minimum absolute atomic E-state index is 0.00929. The molecule has 2 aromatic rings. The molecule has 9 heteroatoms. The maximum absolute atomic E-state index is 12.6. The molecule has 2 N–H and O–H groups in total. The molecule has 30 heavy (non-hydrogen) atoms. The zero-order valence-corrected chi connectivity index (χ0v) is 18.0. The van der Waals surface area contributed by atoms with Crippen LogP contribution in [0.3, 0.4) is 0 Å². The van der Waals surface area contributed by atoms with Crippen molar-refractivity contribution in [2.75, 3.05) is 31.1 Å². The number of thiazole rings is 1. The maximum Gasteiger partial charge on any atom is 0.323 e. The molecule has 0 saturated carbocycles. The average Bonchev–Trinajstić information content (AvgIpc) is 3.19. The Hall–Kier alpha value is -2.52. The first-order valence-electron chi connectivity index (χ1n) is 10.5. The van der Waals surface area contributed by atoms with E-state index in [1.165, 1.54) is 11.3 Å². The van der Waals surface area contributed by atoms with E-state index >= 15 is 0 Å². The Labute approximate surface area is 180 Å². The molecule has 2 aromatic heterocycles. The van der Waals surface area contributed by atoms with Crippen molar-refractivity contribution in [2.24, 2.45) is 5.92 Å². The third kappa shape index (κ3) is 5.14. The number of carbonyl (C=O) groups is 2. The van der Waals surface area contributed by atoms with Crippen LogP contribution in [0.1, 0.15) is 31.2 Å². The lowest BCUT2D eigenvalue weighted by molar-refractivity contribution is -0.121. The Bertz CT molecular complexity index is 873. The lowest BCUT2D eigenvalue weighted by Crippen LogP contribution is -2.50. The summed E-state index contributed by atoms with van der Waals surface area (Å²) >= 11 is 1.41. The Kier molecular flexibility index (Phi) is 6.59. The van der Waals surface area contributed by atoms with E-state index in [1.807, 2.05) is 29.8 Å². The Morgan fingerprint density at radius 3 is 3.00 bits per heavy atom. The highest BCUT2D eigenvalue weighted by atomic mass is 32.1. The number of rotatable bonds is 6. The third-order valence-electron chi connectivity index (χ3n) is 5.64. The predicted octanol–water partition coefficient (Wildman–Crippen LogP) is 2.03.